The molecule has 2 aromatic rings. The first kappa shape index (κ1) is 18.9. The molecule has 2 aromatic carbocycles. The molecular formula is C18H16Cl2N2O3S. The van der Waals surface area contributed by atoms with Gasteiger partial charge in [-0.05, 0) is 37.3 Å². The van der Waals surface area contributed by atoms with E-state index in [1.165, 1.54) is 16.8 Å². The first-order valence-electron chi connectivity index (χ1n) is 7.86. The van der Waals surface area contributed by atoms with E-state index >= 15 is 0 Å². The number of thioether (sulfide) groups is 1. The summed E-state index contributed by atoms with van der Waals surface area (Å²) < 4.78 is 5.42. The molecule has 0 aromatic heterocycles. The first-order valence-corrected chi connectivity index (χ1v) is 9.56. The van der Waals surface area contributed by atoms with Crippen molar-refractivity contribution in [2.24, 2.45) is 0 Å². The van der Waals surface area contributed by atoms with E-state index in [9.17, 15) is 9.59 Å². The van der Waals surface area contributed by atoms with Gasteiger partial charge in [-0.25, -0.2) is 5.01 Å². The van der Waals surface area contributed by atoms with Crippen molar-refractivity contribution in [3.63, 3.8) is 0 Å². The summed E-state index contributed by atoms with van der Waals surface area (Å²) in [5.41, 5.74) is 3.40. The van der Waals surface area contributed by atoms with Gasteiger partial charge in [0.15, 0.2) is 6.61 Å². The van der Waals surface area contributed by atoms with E-state index in [0.29, 0.717) is 15.8 Å². The minimum Gasteiger partial charge on any atom is -0.484 e. The number of nitrogens with zero attached hydrogens (tertiary/aromatic N) is 1. The van der Waals surface area contributed by atoms with Crippen molar-refractivity contribution in [3.05, 3.63) is 64.1 Å². The van der Waals surface area contributed by atoms with E-state index in [1.807, 2.05) is 18.2 Å². The van der Waals surface area contributed by atoms with Crippen LogP contribution in [0.25, 0.3) is 0 Å². The van der Waals surface area contributed by atoms with Gasteiger partial charge >= 0.3 is 0 Å². The Labute approximate surface area is 165 Å². The molecule has 26 heavy (non-hydrogen) atoms. The van der Waals surface area contributed by atoms with Crippen LogP contribution in [0.2, 0.25) is 10.0 Å². The van der Waals surface area contributed by atoms with Crippen molar-refractivity contribution < 1.29 is 14.3 Å². The Balaban J connectivity index is 1.67. The molecule has 3 rings (SSSR count). The molecule has 1 aliphatic heterocycles. The van der Waals surface area contributed by atoms with Crippen LogP contribution in [0.1, 0.15) is 17.9 Å². The van der Waals surface area contributed by atoms with Gasteiger partial charge in [-0.15, -0.1) is 11.8 Å². The Kier molecular flexibility index (Phi) is 5.96. The maximum Gasteiger partial charge on any atom is 0.276 e. The molecule has 2 unspecified atom stereocenters. The largest absolute Gasteiger partial charge is 0.484 e. The maximum atomic E-state index is 12.4. The number of carbonyl (C=O) groups excluding carboxylic acids is 2. The van der Waals surface area contributed by atoms with Crippen LogP contribution >= 0.6 is 35.0 Å². The highest BCUT2D eigenvalue weighted by Crippen LogP contribution is 2.43. The van der Waals surface area contributed by atoms with E-state index in [4.69, 9.17) is 27.9 Å². The summed E-state index contributed by atoms with van der Waals surface area (Å²) in [6.07, 6.45) is 0. The lowest BCUT2D eigenvalue weighted by molar-refractivity contribution is -0.141. The van der Waals surface area contributed by atoms with Crippen LogP contribution in [0.5, 0.6) is 5.75 Å². The van der Waals surface area contributed by atoms with Crippen LogP contribution in [-0.4, -0.2) is 28.7 Å². The number of ether oxygens (including phenoxy) is 1. The summed E-state index contributed by atoms with van der Waals surface area (Å²) in [4.78, 5) is 24.7. The molecule has 2 atom stereocenters. The van der Waals surface area contributed by atoms with Crippen LogP contribution in [0.15, 0.2) is 48.5 Å². The van der Waals surface area contributed by atoms with Crippen molar-refractivity contribution >= 4 is 46.8 Å². The zero-order chi connectivity index (χ0) is 18.7. The predicted octanol–water partition coefficient (Wildman–Crippen LogP) is 4.07. The number of rotatable bonds is 5. The first-order chi connectivity index (χ1) is 12.5. The predicted molar refractivity (Wildman–Crippen MR) is 103 cm³/mol. The van der Waals surface area contributed by atoms with E-state index < -0.39 is 5.91 Å². The zero-order valence-electron chi connectivity index (χ0n) is 13.8. The van der Waals surface area contributed by atoms with Crippen molar-refractivity contribution in [1.82, 2.24) is 10.4 Å². The average Bonchev–Trinajstić information content (AvgIpc) is 2.90. The number of hydrogen-bond acceptors (Lipinski definition) is 4. The Hall–Kier alpha value is -1.89. The SMILES string of the molecule is CC1SC(c2ccccc2Cl)N(NC(=O)COc2ccc(Cl)cc2)C1=O. The van der Waals surface area contributed by atoms with E-state index in [2.05, 4.69) is 5.43 Å². The van der Waals surface area contributed by atoms with Crippen LogP contribution < -0.4 is 10.2 Å². The number of amides is 2. The molecule has 5 nitrogen and oxygen atoms in total. The van der Waals surface area contributed by atoms with Crippen LogP contribution in [-0.2, 0) is 9.59 Å². The molecule has 0 radical (unpaired) electrons. The molecule has 1 fully saturated rings. The molecule has 8 heteroatoms. The normalized spacial score (nSPS) is 19.5. The van der Waals surface area contributed by atoms with Crippen molar-refractivity contribution in [3.8, 4) is 5.75 Å². The fraction of sp³-hybridized carbons (Fsp3) is 0.222. The summed E-state index contributed by atoms with van der Waals surface area (Å²) in [6.45, 7) is 1.58. The van der Waals surface area contributed by atoms with Gasteiger partial charge in [0.1, 0.15) is 11.1 Å². The Morgan fingerprint density at radius 3 is 2.58 bits per heavy atom. The number of hydrazine groups is 1. The third-order valence-electron chi connectivity index (χ3n) is 3.75. The number of carbonyl (C=O) groups is 2. The lowest BCUT2D eigenvalue weighted by Gasteiger charge is -2.25. The summed E-state index contributed by atoms with van der Waals surface area (Å²) in [7, 11) is 0. The molecule has 1 N–H and O–H groups in total. The third kappa shape index (κ3) is 4.26. The quantitative estimate of drug-likeness (QED) is 0.806. The van der Waals surface area contributed by atoms with Crippen molar-refractivity contribution in [2.75, 3.05) is 6.61 Å². The summed E-state index contributed by atoms with van der Waals surface area (Å²) in [5.74, 6) is -0.0949. The fourth-order valence-corrected chi connectivity index (χ4v) is 4.15. The third-order valence-corrected chi connectivity index (χ3v) is 5.68. The zero-order valence-corrected chi connectivity index (χ0v) is 16.1. The molecule has 1 heterocycles. The monoisotopic (exact) mass is 410 g/mol. The van der Waals surface area contributed by atoms with Gasteiger partial charge in [0, 0.05) is 15.6 Å². The number of hydrogen-bond donors (Lipinski definition) is 1. The minimum absolute atomic E-state index is 0.181. The highest BCUT2D eigenvalue weighted by molar-refractivity contribution is 8.01. The molecule has 0 aliphatic carbocycles. The van der Waals surface area contributed by atoms with Crippen LogP contribution in [0.3, 0.4) is 0 Å². The lowest BCUT2D eigenvalue weighted by atomic mass is 10.2. The van der Waals surface area contributed by atoms with Gasteiger partial charge in [0.25, 0.3) is 11.8 Å². The molecular weight excluding hydrogens is 395 g/mol. The number of halogens is 2. The second-order valence-corrected chi connectivity index (χ2v) is 7.91. The molecule has 0 saturated carbocycles. The Bertz CT molecular complexity index is 816. The summed E-state index contributed by atoms with van der Waals surface area (Å²) in [5, 5.41) is 1.78. The Morgan fingerprint density at radius 1 is 1.19 bits per heavy atom. The summed E-state index contributed by atoms with van der Waals surface area (Å²) >= 11 is 13.5. The average molecular weight is 411 g/mol. The molecule has 2 amide bonds. The van der Waals surface area contributed by atoms with Gasteiger partial charge in [-0.2, -0.15) is 0 Å². The highest BCUT2D eigenvalue weighted by atomic mass is 35.5. The highest BCUT2D eigenvalue weighted by Gasteiger charge is 2.40. The number of benzene rings is 2. The van der Waals surface area contributed by atoms with Gasteiger partial charge in [0.05, 0.1) is 5.25 Å². The molecule has 136 valence electrons. The van der Waals surface area contributed by atoms with E-state index in [1.54, 1.807) is 37.3 Å². The van der Waals surface area contributed by atoms with Crippen molar-refractivity contribution in [1.29, 1.82) is 0 Å². The molecule has 0 bridgehead atoms. The van der Waals surface area contributed by atoms with Gasteiger partial charge in [-0.3, -0.25) is 15.0 Å². The second kappa shape index (κ2) is 8.20. The van der Waals surface area contributed by atoms with E-state index in [0.717, 1.165) is 5.56 Å². The topological polar surface area (TPSA) is 58.6 Å². The molecule has 1 saturated heterocycles. The van der Waals surface area contributed by atoms with Crippen LogP contribution in [0.4, 0.5) is 0 Å². The molecule has 0 spiro atoms. The maximum absolute atomic E-state index is 12.4. The minimum atomic E-state index is -0.431. The Morgan fingerprint density at radius 2 is 1.88 bits per heavy atom. The van der Waals surface area contributed by atoms with E-state index in [-0.39, 0.29) is 23.1 Å². The lowest BCUT2D eigenvalue weighted by Crippen LogP contribution is -2.47. The second-order valence-electron chi connectivity index (χ2n) is 5.64. The fourth-order valence-electron chi connectivity index (χ4n) is 2.47. The van der Waals surface area contributed by atoms with Gasteiger partial charge in [0.2, 0.25) is 0 Å². The van der Waals surface area contributed by atoms with Gasteiger partial charge in [-0.1, -0.05) is 41.4 Å². The van der Waals surface area contributed by atoms with Crippen LogP contribution in [0, 0.1) is 0 Å². The van der Waals surface area contributed by atoms with Crippen molar-refractivity contribution in [2.45, 2.75) is 17.5 Å². The summed E-state index contributed by atoms with van der Waals surface area (Å²) in [6, 6.07) is 13.9. The smallest absolute Gasteiger partial charge is 0.276 e. The number of nitrogens with one attached hydrogen (secondary N) is 1. The van der Waals surface area contributed by atoms with Gasteiger partial charge < -0.3 is 4.74 Å². The standard InChI is InChI=1S/C18H16Cl2N2O3S/c1-11-17(24)22(18(26-11)14-4-2-3-5-15(14)20)21-16(23)10-25-13-8-6-12(19)7-9-13/h2-9,11,18H,10H2,1H3,(H,21,23). The molecule has 1 aliphatic rings.